The zero-order valence-electron chi connectivity index (χ0n) is 17.1. The summed E-state index contributed by atoms with van der Waals surface area (Å²) in [5, 5.41) is 7.97. The van der Waals surface area contributed by atoms with Crippen LogP contribution >= 0.6 is 0 Å². The van der Waals surface area contributed by atoms with Crippen LogP contribution in [0, 0.1) is 11.8 Å². The molecule has 0 fully saturated rings. The lowest BCUT2D eigenvalue weighted by atomic mass is 10.0. The molecule has 1 aliphatic rings. The first kappa shape index (κ1) is 23.3. The molecule has 1 aliphatic heterocycles. The highest BCUT2D eigenvalue weighted by Gasteiger charge is 2.27. The fourth-order valence-corrected chi connectivity index (χ4v) is 2.47. The number of amides is 5. The highest BCUT2D eigenvalue weighted by molar-refractivity contribution is 6.12. The van der Waals surface area contributed by atoms with Crippen LogP contribution in [0.5, 0.6) is 0 Å². The van der Waals surface area contributed by atoms with Crippen molar-refractivity contribution in [3.05, 3.63) is 12.2 Å². The maximum absolute atomic E-state index is 12.4. The van der Waals surface area contributed by atoms with E-state index in [1.54, 1.807) is 34.6 Å². The molecule has 0 aromatic rings. The monoisotopic (exact) mass is 394 g/mol. The lowest BCUT2D eigenvalue weighted by Crippen LogP contribution is -2.55. The molecule has 0 bridgehead atoms. The molecular formula is C19H30N4O5. The van der Waals surface area contributed by atoms with Gasteiger partial charge in [0.05, 0.1) is 0 Å². The molecule has 9 nitrogen and oxygen atoms in total. The summed E-state index contributed by atoms with van der Waals surface area (Å²) in [4.78, 5) is 60.5. The quantitative estimate of drug-likeness (QED) is 0.347. The molecule has 0 spiro atoms. The maximum atomic E-state index is 12.4. The summed E-state index contributed by atoms with van der Waals surface area (Å²) in [6.07, 6.45) is 2.83. The molecule has 0 aliphatic carbocycles. The van der Waals surface area contributed by atoms with Gasteiger partial charge in [0.2, 0.25) is 17.7 Å². The number of rotatable bonds is 10. The fraction of sp³-hybridized carbons (Fsp3) is 0.632. The Bertz CT molecular complexity index is 639. The molecule has 28 heavy (non-hydrogen) atoms. The number of imide groups is 1. The SMILES string of the molecule is CC(C)C(=O)N[C@H](C)C(=O)N[C@@H](C(=O)NCCCN1C(=O)C=CC1=O)C(C)C. The molecule has 3 N–H and O–H groups in total. The van der Waals surface area contributed by atoms with Gasteiger partial charge in [-0.15, -0.1) is 0 Å². The van der Waals surface area contributed by atoms with Crippen LogP contribution in [0.2, 0.25) is 0 Å². The van der Waals surface area contributed by atoms with Gasteiger partial charge in [-0.2, -0.15) is 0 Å². The molecule has 0 saturated carbocycles. The molecule has 0 saturated heterocycles. The number of hydrogen-bond acceptors (Lipinski definition) is 5. The van der Waals surface area contributed by atoms with Crippen LogP contribution in [-0.4, -0.2) is 59.6 Å². The molecule has 1 heterocycles. The standard InChI is InChI=1S/C19H30N4O5/c1-11(2)16(22-18(27)13(5)21-17(26)12(3)4)19(28)20-9-6-10-23-14(24)7-8-15(23)25/h7-8,11-13,16H,6,9-10H2,1-5H3,(H,20,28)(H,21,26)(H,22,27)/t13-,16-/m1/s1. The summed E-state index contributed by atoms with van der Waals surface area (Å²) in [5.74, 6) is -2.17. The topological polar surface area (TPSA) is 125 Å². The molecule has 0 aromatic carbocycles. The first-order valence-corrected chi connectivity index (χ1v) is 9.46. The summed E-state index contributed by atoms with van der Waals surface area (Å²) in [6, 6.07) is -1.52. The summed E-state index contributed by atoms with van der Waals surface area (Å²) >= 11 is 0. The van der Waals surface area contributed by atoms with Gasteiger partial charge in [-0.05, 0) is 19.3 Å². The minimum absolute atomic E-state index is 0.164. The van der Waals surface area contributed by atoms with Crippen LogP contribution in [0.25, 0.3) is 0 Å². The third-order valence-corrected chi connectivity index (χ3v) is 4.28. The van der Waals surface area contributed by atoms with Crippen LogP contribution in [0.3, 0.4) is 0 Å². The molecule has 0 unspecified atom stereocenters. The van der Waals surface area contributed by atoms with Gasteiger partial charge >= 0.3 is 0 Å². The first-order valence-electron chi connectivity index (χ1n) is 9.46. The second-order valence-electron chi connectivity index (χ2n) is 7.42. The normalized spacial score (nSPS) is 15.8. The van der Waals surface area contributed by atoms with Crippen molar-refractivity contribution in [2.45, 2.75) is 53.1 Å². The van der Waals surface area contributed by atoms with Gasteiger partial charge in [0.25, 0.3) is 11.8 Å². The molecule has 0 aromatic heterocycles. The second-order valence-corrected chi connectivity index (χ2v) is 7.42. The molecule has 2 atom stereocenters. The van der Waals surface area contributed by atoms with Gasteiger partial charge in [-0.3, -0.25) is 28.9 Å². The summed E-state index contributed by atoms with van der Waals surface area (Å²) in [5.41, 5.74) is 0. The molecular weight excluding hydrogens is 364 g/mol. The van der Waals surface area contributed by atoms with E-state index in [9.17, 15) is 24.0 Å². The van der Waals surface area contributed by atoms with Gasteiger partial charge in [0.15, 0.2) is 0 Å². The Morgan fingerprint density at radius 2 is 1.46 bits per heavy atom. The Labute approximate surface area is 165 Å². The molecule has 5 amide bonds. The molecule has 1 rings (SSSR count). The zero-order valence-corrected chi connectivity index (χ0v) is 17.1. The fourth-order valence-electron chi connectivity index (χ4n) is 2.47. The molecule has 0 radical (unpaired) electrons. The number of carbonyl (C=O) groups is 5. The lowest BCUT2D eigenvalue weighted by molar-refractivity contribution is -0.136. The summed E-state index contributed by atoms with van der Waals surface area (Å²) in [7, 11) is 0. The van der Waals surface area contributed by atoms with E-state index < -0.39 is 18.0 Å². The minimum atomic E-state index is -0.761. The van der Waals surface area contributed by atoms with Crippen molar-refractivity contribution in [3.63, 3.8) is 0 Å². The average Bonchev–Trinajstić information content (AvgIpc) is 2.93. The zero-order chi connectivity index (χ0) is 21.4. The first-order chi connectivity index (χ1) is 13.0. The van der Waals surface area contributed by atoms with Crippen LogP contribution in [0.15, 0.2) is 12.2 Å². The Hall–Kier alpha value is -2.71. The number of nitrogens with one attached hydrogen (secondary N) is 3. The Balaban J connectivity index is 2.48. The second kappa shape index (κ2) is 10.6. The van der Waals surface area contributed by atoms with Gasteiger partial charge in [-0.1, -0.05) is 27.7 Å². The predicted molar refractivity (Wildman–Crippen MR) is 103 cm³/mol. The smallest absolute Gasteiger partial charge is 0.253 e. The highest BCUT2D eigenvalue weighted by atomic mass is 16.2. The average molecular weight is 394 g/mol. The van der Waals surface area contributed by atoms with E-state index in [-0.39, 0.29) is 48.6 Å². The van der Waals surface area contributed by atoms with Crippen LogP contribution in [-0.2, 0) is 24.0 Å². The van der Waals surface area contributed by atoms with Gasteiger partial charge in [-0.25, -0.2) is 0 Å². The van der Waals surface area contributed by atoms with Crippen molar-refractivity contribution >= 4 is 29.5 Å². The summed E-state index contributed by atoms with van der Waals surface area (Å²) in [6.45, 7) is 9.08. The van der Waals surface area contributed by atoms with Crippen molar-refractivity contribution in [2.24, 2.45) is 11.8 Å². The van der Waals surface area contributed by atoms with Crippen LogP contribution < -0.4 is 16.0 Å². The number of nitrogens with zero attached hydrogens (tertiary/aromatic N) is 1. The summed E-state index contributed by atoms with van der Waals surface area (Å²) < 4.78 is 0. The Kier molecular flexibility index (Phi) is 8.81. The van der Waals surface area contributed by atoms with Crippen molar-refractivity contribution in [3.8, 4) is 0 Å². The van der Waals surface area contributed by atoms with Gasteiger partial charge in [0, 0.05) is 31.2 Å². The third kappa shape index (κ3) is 6.79. The highest BCUT2D eigenvalue weighted by Crippen LogP contribution is 2.05. The Morgan fingerprint density at radius 1 is 0.893 bits per heavy atom. The number of carbonyl (C=O) groups excluding carboxylic acids is 5. The van der Waals surface area contributed by atoms with E-state index in [2.05, 4.69) is 16.0 Å². The predicted octanol–water partition coefficient (Wildman–Crippen LogP) is -0.281. The Morgan fingerprint density at radius 3 is 1.96 bits per heavy atom. The van der Waals surface area contributed by atoms with Crippen molar-refractivity contribution < 1.29 is 24.0 Å². The molecule has 9 heteroatoms. The van der Waals surface area contributed by atoms with Crippen LogP contribution in [0.1, 0.15) is 41.0 Å². The minimum Gasteiger partial charge on any atom is -0.354 e. The van der Waals surface area contributed by atoms with Crippen molar-refractivity contribution in [2.75, 3.05) is 13.1 Å². The maximum Gasteiger partial charge on any atom is 0.253 e. The van der Waals surface area contributed by atoms with E-state index in [1.807, 2.05) is 0 Å². The third-order valence-electron chi connectivity index (χ3n) is 4.28. The van der Waals surface area contributed by atoms with Gasteiger partial charge in [0.1, 0.15) is 12.1 Å². The largest absolute Gasteiger partial charge is 0.354 e. The van der Waals surface area contributed by atoms with Gasteiger partial charge < -0.3 is 16.0 Å². The van der Waals surface area contributed by atoms with E-state index in [4.69, 9.17) is 0 Å². The van der Waals surface area contributed by atoms with Crippen molar-refractivity contribution in [1.82, 2.24) is 20.9 Å². The van der Waals surface area contributed by atoms with Crippen LogP contribution in [0.4, 0.5) is 0 Å². The van der Waals surface area contributed by atoms with Crippen molar-refractivity contribution in [1.29, 1.82) is 0 Å². The van der Waals surface area contributed by atoms with E-state index in [1.165, 1.54) is 12.2 Å². The van der Waals surface area contributed by atoms with E-state index in [0.29, 0.717) is 6.42 Å². The lowest BCUT2D eigenvalue weighted by Gasteiger charge is -2.24. The van der Waals surface area contributed by atoms with E-state index >= 15 is 0 Å². The molecule has 156 valence electrons. The van der Waals surface area contributed by atoms with E-state index in [0.717, 1.165) is 4.90 Å². The number of hydrogen-bond donors (Lipinski definition) is 3.